The van der Waals surface area contributed by atoms with Crippen LogP contribution in [0.25, 0.3) is 0 Å². The van der Waals surface area contributed by atoms with E-state index >= 15 is 0 Å². The summed E-state index contributed by atoms with van der Waals surface area (Å²) < 4.78 is 55.9. The molecule has 42 heavy (non-hydrogen) atoms. The Morgan fingerprint density at radius 1 is 0.929 bits per heavy atom. The number of halogens is 3. The monoisotopic (exact) mass is 584 g/mol. The zero-order valence-corrected chi connectivity index (χ0v) is 22.8. The molecule has 0 bridgehead atoms. The summed E-state index contributed by atoms with van der Waals surface area (Å²) in [5, 5.41) is 4.88. The molecule has 0 radical (unpaired) electrons. The smallest absolute Gasteiger partial charge is 0.416 e. The first-order valence-electron chi connectivity index (χ1n) is 12.2. The number of amides is 3. The summed E-state index contributed by atoms with van der Waals surface area (Å²) in [7, 11) is 3.18. The third kappa shape index (κ3) is 9.09. The molecule has 3 aromatic carbocycles. The summed E-state index contributed by atoms with van der Waals surface area (Å²) in [6, 6.07) is 12.5. The molecule has 0 aromatic heterocycles. The van der Waals surface area contributed by atoms with Gasteiger partial charge in [-0.25, -0.2) is 4.79 Å². The normalized spacial score (nSPS) is 10.5. The van der Waals surface area contributed by atoms with Crippen molar-refractivity contribution in [3.8, 4) is 29.1 Å². The van der Waals surface area contributed by atoms with E-state index in [1.807, 2.05) is 0 Å². The van der Waals surface area contributed by atoms with E-state index in [2.05, 4.69) is 27.2 Å². The van der Waals surface area contributed by atoms with Gasteiger partial charge in [-0.2, -0.15) is 13.2 Å². The fraction of sp³-hybridized carbons (Fsp3) is 0.207. The Kier molecular flexibility index (Phi) is 10.2. The SMILES string of the molecule is CC(=O)OCC#CCOc1ccc(C(F)(F)F)cc1NC(=O)Nc1cccc(Oc2ccc(N)c(C(=O)N(C)C)c2)c1. The van der Waals surface area contributed by atoms with Gasteiger partial charge in [-0.3, -0.25) is 9.59 Å². The van der Waals surface area contributed by atoms with Gasteiger partial charge in [0.1, 0.15) is 23.9 Å². The van der Waals surface area contributed by atoms with Crippen LogP contribution < -0.4 is 25.8 Å². The molecule has 0 aliphatic rings. The lowest BCUT2D eigenvalue weighted by Crippen LogP contribution is -2.22. The van der Waals surface area contributed by atoms with Crippen molar-refractivity contribution in [2.75, 3.05) is 43.7 Å². The number of nitrogens with zero attached hydrogens (tertiary/aromatic N) is 1. The highest BCUT2D eigenvalue weighted by atomic mass is 19.4. The number of urea groups is 1. The molecule has 0 heterocycles. The van der Waals surface area contributed by atoms with Gasteiger partial charge < -0.3 is 35.5 Å². The molecule has 0 aliphatic carbocycles. The fourth-order valence-electron chi connectivity index (χ4n) is 3.37. The first-order valence-corrected chi connectivity index (χ1v) is 12.2. The van der Waals surface area contributed by atoms with Crippen LogP contribution in [0.1, 0.15) is 22.8 Å². The average molecular weight is 585 g/mol. The number of carbonyl (C=O) groups excluding carboxylic acids is 3. The van der Waals surface area contributed by atoms with Crippen LogP contribution in [0.15, 0.2) is 60.7 Å². The van der Waals surface area contributed by atoms with E-state index < -0.39 is 23.7 Å². The van der Waals surface area contributed by atoms with Crippen LogP contribution in [0.2, 0.25) is 0 Å². The summed E-state index contributed by atoms with van der Waals surface area (Å²) in [4.78, 5) is 37.2. The van der Waals surface area contributed by atoms with Crippen molar-refractivity contribution in [1.82, 2.24) is 4.90 Å². The highest BCUT2D eigenvalue weighted by molar-refractivity contribution is 6.01. The minimum absolute atomic E-state index is 0.0663. The van der Waals surface area contributed by atoms with Gasteiger partial charge in [0, 0.05) is 38.5 Å². The summed E-state index contributed by atoms with van der Waals surface area (Å²) >= 11 is 0. The number of rotatable bonds is 8. The molecule has 0 atom stereocenters. The second kappa shape index (κ2) is 13.8. The molecule has 0 spiro atoms. The van der Waals surface area contributed by atoms with Gasteiger partial charge in [0.2, 0.25) is 0 Å². The number of esters is 1. The molecule has 3 rings (SSSR count). The molecule has 0 aliphatic heterocycles. The third-order valence-electron chi connectivity index (χ3n) is 5.32. The molecular formula is C29H27F3N4O6. The summed E-state index contributed by atoms with van der Waals surface area (Å²) in [5.41, 5.74) is 5.44. The van der Waals surface area contributed by atoms with Crippen LogP contribution in [0, 0.1) is 11.8 Å². The Balaban J connectivity index is 1.73. The molecule has 3 amide bonds. The van der Waals surface area contributed by atoms with Gasteiger partial charge in [0.25, 0.3) is 5.91 Å². The summed E-state index contributed by atoms with van der Waals surface area (Å²) in [6.45, 7) is 0.808. The number of nitrogen functional groups attached to an aromatic ring is 1. The molecule has 0 saturated heterocycles. The lowest BCUT2D eigenvalue weighted by molar-refractivity contribution is -0.139. The van der Waals surface area contributed by atoms with Crippen LogP contribution in [0.3, 0.4) is 0 Å². The minimum Gasteiger partial charge on any atom is -0.479 e. The van der Waals surface area contributed by atoms with E-state index in [0.29, 0.717) is 11.5 Å². The van der Waals surface area contributed by atoms with Gasteiger partial charge in [-0.05, 0) is 48.5 Å². The number of nitrogens with one attached hydrogen (secondary N) is 2. The predicted octanol–water partition coefficient (Wildman–Crippen LogP) is 5.37. The first kappa shape index (κ1) is 31.2. The predicted molar refractivity (Wildman–Crippen MR) is 149 cm³/mol. The van der Waals surface area contributed by atoms with Crippen molar-refractivity contribution in [2.45, 2.75) is 13.1 Å². The van der Waals surface area contributed by atoms with Crippen LogP contribution >= 0.6 is 0 Å². The molecule has 0 unspecified atom stereocenters. The van der Waals surface area contributed by atoms with E-state index in [1.54, 1.807) is 38.4 Å². The number of carbonyl (C=O) groups is 3. The zero-order valence-electron chi connectivity index (χ0n) is 22.8. The molecule has 220 valence electrons. The van der Waals surface area contributed by atoms with Crippen molar-refractivity contribution in [2.24, 2.45) is 0 Å². The molecule has 10 nitrogen and oxygen atoms in total. The highest BCUT2D eigenvalue weighted by Crippen LogP contribution is 2.35. The van der Waals surface area contributed by atoms with Crippen LogP contribution in [0.4, 0.5) is 35.0 Å². The van der Waals surface area contributed by atoms with Crippen LogP contribution in [-0.2, 0) is 15.7 Å². The number of nitrogens with two attached hydrogens (primary N) is 1. The number of anilines is 3. The van der Waals surface area contributed by atoms with Crippen molar-refractivity contribution in [1.29, 1.82) is 0 Å². The number of benzene rings is 3. The number of ether oxygens (including phenoxy) is 3. The van der Waals surface area contributed by atoms with Crippen molar-refractivity contribution in [3.63, 3.8) is 0 Å². The Labute approximate surface area is 239 Å². The number of hydrogen-bond donors (Lipinski definition) is 3. The van der Waals surface area contributed by atoms with Crippen molar-refractivity contribution >= 4 is 35.0 Å². The maximum absolute atomic E-state index is 13.3. The maximum atomic E-state index is 13.3. The standard InChI is InChI=1S/C29H27F3N4O6/c1-18(37)40-13-4-5-14-41-26-12-9-19(29(30,31)32)15-25(26)35-28(39)34-20-7-6-8-21(16-20)42-22-10-11-24(33)23(17-22)27(38)36(2)3/h6-12,15-17H,13-14,33H2,1-3H3,(H2,34,35,39). The minimum atomic E-state index is -4.67. The van der Waals surface area contributed by atoms with Crippen molar-refractivity contribution in [3.05, 3.63) is 71.8 Å². The third-order valence-corrected chi connectivity index (χ3v) is 5.32. The molecule has 13 heteroatoms. The second-order valence-electron chi connectivity index (χ2n) is 8.79. The van der Waals surface area contributed by atoms with E-state index in [9.17, 15) is 27.6 Å². The summed E-state index contributed by atoms with van der Waals surface area (Å²) in [5.74, 6) is 4.81. The van der Waals surface area contributed by atoms with Crippen LogP contribution in [-0.4, -0.2) is 50.1 Å². The van der Waals surface area contributed by atoms with E-state index in [0.717, 1.165) is 18.2 Å². The van der Waals surface area contributed by atoms with E-state index in [-0.39, 0.29) is 47.5 Å². The lowest BCUT2D eigenvalue weighted by Gasteiger charge is -2.15. The second-order valence-corrected chi connectivity index (χ2v) is 8.79. The van der Waals surface area contributed by atoms with Gasteiger partial charge in [0.15, 0.2) is 6.61 Å². The van der Waals surface area contributed by atoms with Crippen molar-refractivity contribution < 1.29 is 41.8 Å². The fourth-order valence-corrected chi connectivity index (χ4v) is 3.37. The van der Waals surface area contributed by atoms with E-state index in [4.69, 9.17) is 15.2 Å². The van der Waals surface area contributed by atoms with Gasteiger partial charge >= 0.3 is 18.2 Å². The largest absolute Gasteiger partial charge is 0.479 e. The molecule has 3 aromatic rings. The lowest BCUT2D eigenvalue weighted by atomic mass is 10.1. The first-order chi connectivity index (χ1) is 19.8. The molecule has 0 fully saturated rings. The average Bonchev–Trinajstić information content (AvgIpc) is 2.91. The maximum Gasteiger partial charge on any atom is 0.416 e. The zero-order chi connectivity index (χ0) is 30.9. The number of hydrogen-bond acceptors (Lipinski definition) is 7. The Morgan fingerprint density at radius 3 is 2.33 bits per heavy atom. The Bertz CT molecular complexity index is 1530. The summed E-state index contributed by atoms with van der Waals surface area (Å²) in [6.07, 6.45) is -4.67. The van der Waals surface area contributed by atoms with Gasteiger partial charge in [0.05, 0.1) is 16.8 Å². The quantitative estimate of drug-likeness (QED) is 0.184. The molecule has 0 saturated carbocycles. The van der Waals surface area contributed by atoms with Gasteiger partial charge in [-0.15, -0.1) is 0 Å². The number of alkyl halides is 3. The van der Waals surface area contributed by atoms with E-state index in [1.165, 1.54) is 30.0 Å². The Hall–Kier alpha value is -5.38. The van der Waals surface area contributed by atoms with Gasteiger partial charge in [-0.1, -0.05) is 17.9 Å². The topological polar surface area (TPSA) is 132 Å². The Morgan fingerprint density at radius 2 is 1.64 bits per heavy atom. The molecular weight excluding hydrogens is 557 g/mol. The molecule has 4 N–H and O–H groups in total. The van der Waals surface area contributed by atoms with Crippen LogP contribution in [0.5, 0.6) is 17.2 Å². The highest BCUT2D eigenvalue weighted by Gasteiger charge is 2.31.